The Kier molecular flexibility index (Phi) is 3.38. The molecule has 0 aliphatic carbocycles. The van der Waals surface area contributed by atoms with Gasteiger partial charge in [-0.2, -0.15) is 0 Å². The summed E-state index contributed by atoms with van der Waals surface area (Å²) >= 11 is 0. The molecule has 3 rings (SSSR count). The first-order valence-electron chi connectivity index (χ1n) is 7.10. The quantitative estimate of drug-likeness (QED) is 0.818. The van der Waals surface area contributed by atoms with Crippen LogP contribution in [0, 0.1) is 5.41 Å². The van der Waals surface area contributed by atoms with Crippen molar-refractivity contribution in [3.63, 3.8) is 0 Å². The van der Waals surface area contributed by atoms with Gasteiger partial charge in [0.2, 0.25) is 0 Å². The average Bonchev–Trinajstić information content (AvgIpc) is 3.09. The van der Waals surface area contributed by atoms with Gasteiger partial charge in [-0.1, -0.05) is 0 Å². The van der Waals surface area contributed by atoms with Crippen LogP contribution in [0.4, 0.5) is 5.82 Å². The lowest BCUT2D eigenvalue weighted by Crippen LogP contribution is -2.32. The van der Waals surface area contributed by atoms with E-state index >= 15 is 0 Å². The first-order chi connectivity index (χ1) is 9.60. The van der Waals surface area contributed by atoms with Gasteiger partial charge >= 0.3 is 0 Å². The van der Waals surface area contributed by atoms with Crippen LogP contribution in [0.5, 0.6) is 0 Å². The molecule has 5 nitrogen and oxygen atoms in total. The first kappa shape index (κ1) is 13.4. The number of anilines is 1. The molecule has 1 aromatic rings. The zero-order valence-corrected chi connectivity index (χ0v) is 12.1. The Bertz CT molecular complexity index is 510. The maximum absolute atomic E-state index is 12.6. The second kappa shape index (κ2) is 5.05. The van der Waals surface area contributed by atoms with E-state index in [0.717, 1.165) is 50.5 Å². The fraction of sp³-hybridized carbons (Fsp3) is 0.600. The molecule has 2 aliphatic heterocycles. The lowest BCUT2D eigenvalue weighted by Gasteiger charge is -2.22. The number of hydrogen-bond donors (Lipinski definition) is 0. The number of hydrogen-bond acceptors (Lipinski definition) is 4. The van der Waals surface area contributed by atoms with Gasteiger partial charge in [0.15, 0.2) is 0 Å². The summed E-state index contributed by atoms with van der Waals surface area (Å²) in [5.41, 5.74) is 0.937. The smallest absolute Gasteiger partial charge is 0.254 e. The largest absolute Gasteiger partial charge is 0.381 e. The van der Waals surface area contributed by atoms with Crippen molar-refractivity contribution in [2.75, 3.05) is 45.3 Å². The molecule has 0 saturated carbocycles. The van der Waals surface area contributed by atoms with Crippen molar-refractivity contribution in [1.29, 1.82) is 0 Å². The van der Waals surface area contributed by atoms with Gasteiger partial charge in [0.25, 0.3) is 5.91 Å². The molecule has 0 bridgehead atoms. The third-order valence-electron chi connectivity index (χ3n) is 4.36. The van der Waals surface area contributed by atoms with E-state index in [0.29, 0.717) is 0 Å². The molecule has 2 saturated heterocycles. The van der Waals surface area contributed by atoms with E-state index in [1.165, 1.54) is 0 Å². The summed E-state index contributed by atoms with van der Waals surface area (Å²) in [4.78, 5) is 20.7. The summed E-state index contributed by atoms with van der Waals surface area (Å²) in [7, 11) is 3.86. The van der Waals surface area contributed by atoms with Gasteiger partial charge in [-0.05, 0) is 25.0 Å². The predicted molar refractivity (Wildman–Crippen MR) is 77.0 cm³/mol. The molecule has 0 radical (unpaired) electrons. The van der Waals surface area contributed by atoms with E-state index in [9.17, 15) is 4.79 Å². The minimum atomic E-state index is 0.110. The second-order valence-corrected chi connectivity index (χ2v) is 6.08. The van der Waals surface area contributed by atoms with E-state index in [1.54, 1.807) is 12.3 Å². The number of amides is 1. The standard InChI is InChI=1S/C15H21N3O2/c1-17(2)13-9-12(3-6-16-13)14(19)18-7-4-15(10-18)5-8-20-11-15/h3,6,9H,4-5,7-8,10-11H2,1-2H3/t15-/m1/s1. The molecule has 1 atom stereocenters. The highest BCUT2D eigenvalue weighted by Gasteiger charge is 2.42. The molecular weight excluding hydrogens is 254 g/mol. The molecule has 5 heteroatoms. The number of carbonyl (C=O) groups is 1. The Hall–Kier alpha value is -1.62. The summed E-state index contributed by atoms with van der Waals surface area (Å²) in [6.07, 6.45) is 3.84. The normalized spacial score (nSPS) is 25.4. The number of rotatable bonds is 2. The van der Waals surface area contributed by atoms with Crippen molar-refractivity contribution in [1.82, 2.24) is 9.88 Å². The predicted octanol–water partition coefficient (Wildman–Crippen LogP) is 1.40. The average molecular weight is 275 g/mol. The number of nitrogens with zero attached hydrogens (tertiary/aromatic N) is 3. The van der Waals surface area contributed by atoms with E-state index in [1.807, 2.05) is 30.0 Å². The van der Waals surface area contributed by atoms with Crippen molar-refractivity contribution in [2.45, 2.75) is 12.8 Å². The molecule has 0 unspecified atom stereocenters. The second-order valence-electron chi connectivity index (χ2n) is 6.08. The van der Waals surface area contributed by atoms with E-state index in [2.05, 4.69) is 4.98 Å². The maximum atomic E-state index is 12.6. The van der Waals surface area contributed by atoms with Gasteiger partial charge in [0, 0.05) is 51.0 Å². The summed E-state index contributed by atoms with van der Waals surface area (Å²) < 4.78 is 5.51. The Labute approximate surface area is 119 Å². The fourth-order valence-electron chi connectivity index (χ4n) is 3.06. The van der Waals surface area contributed by atoms with Crippen molar-refractivity contribution in [2.24, 2.45) is 5.41 Å². The molecule has 2 fully saturated rings. The van der Waals surface area contributed by atoms with Gasteiger partial charge in [-0.3, -0.25) is 4.79 Å². The SMILES string of the molecule is CN(C)c1cc(C(=O)N2CC[C@@]3(CCOC3)C2)ccn1. The Morgan fingerprint density at radius 1 is 1.45 bits per heavy atom. The van der Waals surface area contributed by atoms with E-state index < -0.39 is 0 Å². The highest BCUT2D eigenvalue weighted by atomic mass is 16.5. The van der Waals surface area contributed by atoms with Gasteiger partial charge in [0.1, 0.15) is 5.82 Å². The van der Waals surface area contributed by atoms with Crippen molar-refractivity contribution >= 4 is 11.7 Å². The zero-order valence-electron chi connectivity index (χ0n) is 12.1. The van der Waals surface area contributed by atoms with Crippen LogP contribution in [0.1, 0.15) is 23.2 Å². The molecule has 3 heterocycles. The van der Waals surface area contributed by atoms with Crippen molar-refractivity contribution < 1.29 is 9.53 Å². The van der Waals surface area contributed by atoms with Crippen LogP contribution in [0.3, 0.4) is 0 Å². The highest BCUT2D eigenvalue weighted by Crippen LogP contribution is 2.38. The number of likely N-dealkylation sites (tertiary alicyclic amines) is 1. The Balaban J connectivity index is 1.75. The molecule has 2 aliphatic rings. The van der Waals surface area contributed by atoms with E-state index in [4.69, 9.17) is 4.74 Å². The number of carbonyl (C=O) groups excluding carboxylic acids is 1. The zero-order chi connectivity index (χ0) is 14.2. The molecule has 0 N–H and O–H groups in total. The minimum Gasteiger partial charge on any atom is -0.381 e. The lowest BCUT2D eigenvalue weighted by molar-refractivity contribution is 0.0765. The Morgan fingerprint density at radius 2 is 2.30 bits per heavy atom. The van der Waals surface area contributed by atoms with Crippen LogP contribution in [-0.2, 0) is 4.74 Å². The first-order valence-corrected chi connectivity index (χ1v) is 7.10. The van der Waals surface area contributed by atoms with Gasteiger partial charge in [0.05, 0.1) is 6.61 Å². The summed E-state index contributed by atoms with van der Waals surface area (Å²) in [6, 6.07) is 3.66. The van der Waals surface area contributed by atoms with Crippen LogP contribution in [0.15, 0.2) is 18.3 Å². The summed E-state index contributed by atoms with van der Waals surface area (Å²) in [6.45, 7) is 3.30. The van der Waals surface area contributed by atoms with Crippen LogP contribution in [0.2, 0.25) is 0 Å². The van der Waals surface area contributed by atoms with Gasteiger partial charge in [-0.15, -0.1) is 0 Å². The molecule has 1 spiro atoms. The number of pyridine rings is 1. The van der Waals surface area contributed by atoms with E-state index in [-0.39, 0.29) is 11.3 Å². The summed E-state index contributed by atoms with van der Waals surface area (Å²) in [5.74, 6) is 0.924. The maximum Gasteiger partial charge on any atom is 0.254 e. The van der Waals surface area contributed by atoms with Crippen LogP contribution in [0.25, 0.3) is 0 Å². The van der Waals surface area contributed by atoms with Crippen molar-refractivity contribution in [3.8, 4) is 0 Å². The van der Waals surface area contributed by atoms with Crippen LogP contribution in [-0.4, -0.2) is 56.2 Å². The third-order valence-corrected chi connectivity index (χ3v) is 4.36. The number of ether oxygens (including phenoxy) is 1. The molecular formula is C15H21N3O2. The molecule has 108 valence electrons. The van der Waals surface area contributed by atoms with Gasteiger partial charge in [-0.25, -0.2) is 4.98 Å². The van der Waals surface area contributed by atoms with Crippen molar-refractivity contribution in [3.05, 3.63) is 23.9 Å². The Morgan fingerprint density at radius 3 is 3.00 bits per heavy atom. The van der Waals surface area contributed by atoms with Crippen LogP contribution >= 0.6 is 0 Å². The highest BCUT2D eigenvalue weighted by molar-refractivity contribution is 5.95. The molecule has 1 aromatic heterocycles. The topological polar surface area (TPSA) is 45.7 Å². The third kappa shape index (κ3) is 2.38. The molecule has 0 aromatic carbocycles. The monoisotopic (exact) mass is 275 g/mol. The lowest BCUT2D eigenvalue weighted by atomic mass is 9.87. The molecule has 20 heavy (non-hydrogen) atoms. The fourth-order valence-corrected chi connectivity index (χ4v) is 3.06. The summed E-state index contributed by atoms with van der Waals surface area (Å²) in [5, 5.41) is 0. The minimum absolute atomic E-state index is 0.110. The van der Waals surface area contributed by atoms with Gasteiger partial charge < -0.3 is 14.5 Å². The number of aromatic nitrogens is 1. The van der Waals surface area contributed by atoms with Crippen LogP contribution < -0.4 is 4.90 Å². The molecule has 1 amide bonds.